The number of hydrogen-bond donors (Lipinski definition) is 2. The highest BCUT2D eigenvalue weighted by Gasteiger charge is 2.31. The van der Waals surface area contributed by atoms with Gasteiger partial charge in [-0.25, -0.2) is 8.42 Å². The summed E-state index contributed by atoms with van der Waals surface area (Å²) in [7, 11) is -3.17. The summed E-state index contributed by atoms with van der Waals surface area (Å²) < 4.78 is 25.4. The second-order valence-electron chi connectivity index (χ2n) is 7.45. The van der Waals surface area contributed by atoms with Gasteiger partial charge in [-0.1, -0.05) is 17.7 Å². The lowest BCUT2D eigenvalue weighted by Gasteiger charge is -2.22. The molecule has 0 aliphatic carbocycles. The lowest BCUT2D eigenvalue weighted by Crippen LogP contribution is -2.45. The Kier molecular flexibility index (Phi) is 7.06. The zero-order valence-corrected chi connectivity index (χ0v) is 18.1. The van der Waals surface area contributed by atoms with E-state index >= 15 is 0 Å². The first-order chi connectivity index (χ1) is 13.4. The van der Waals surface area contributed by atoms with Crippen LogP contribution in [0.15, 0.2) is 29.3 Å². The summed E-state index contributed by atoms with van der Waals surface area (Å²) in [4.78, 5) is 7.00. The molecule has 28 heavy (non-hydrogen) atoms. The SMILES string of the molecule is CCNC(=NC[C@H]1CCCN1S(C)(=O)=O)NC1CCN(c2cccc(Cl)c2)C1. The summed E-state index contributed by atoms with van der Waals surface area (Å²) in [5, 5.41) is 7.53. The Balaban J connectivity index is 1.59. The van der Waals surface area contributed by atoms with Crippen LogP contribution in [0.1, 0.15) is 26.2 Å². The number of anilines is 1. The van der Waals surface area contributed by atoms with Crippen molar-refractivity contribution in [3.63, 3.8) is 0 Å². The van der Waals surface area contributed by atoms with Gasteiger partial charge in [0.1, 0.15) is 0 Å². The molecule has 9 heteroatoms. The number of rotatable bonds is 6. The minimum atomic E-state index is -3.17. The number of benzene rings is 1. The molecule has 1 unspecified atom stereocenters. The molecule has 7 nitrogen and oxygen atoms in total. The highest BCUT2D eigenvalue weighted by molar-refractivity contribution is 7.88. The first-order valence-electron chi connectivity index (χ1n) is 9.89. The van der Waals surface area contributed by atoms with Crippen LogP contribution in [0.5, 0.6) is 0 Å². The van der Waals surface area contributed by atoms with Crippen molar-refractivity contribution in [2.75, 3.05) is 43.9 Å². The molecule has 156 valence electrons. The van der Waals surface area contributed by atoms with Gasteiger partial charge in [-0.2, -0.15) is 4.31 Å². The van der Waals surface area contributed by atoms with E-state index in [-0.39, 0.29) is 12.1 Å². The highest BCUT2D eigenvalue weighted by Crippen LogP contribution is 2.23. The zero-order chi connectivity index (χ0) is 20.1. The van der Waals surface area contributed by atoms with E-state index in [4.69, 9.17) is 11.6 Å². The van der Waals surface area contributed by atoms with Gasteiger partial charge in [0.05, 0.1) is 12.8 Å². The topological polar surface area (TPSA) is 77.0 Å². The predicted molar refractivity (Wildman–Crippen MR) is 116 cm³/mol. The van der Waals surface area contributed by atoms with Gasteiger partial charge in [0, 0.05) is 49.0 Å². The van der Waals surface area contributed by atoms with Crippen LogP contribution in [0.25, 0.3) is 0 Å². The van der Waals surface area contributed by atoms with Gasteiger partial charge < -0.3 is 15.5 Å². The van der Waals surface area contributed by atoms with Crippen LogP contribution >= 0.6 is 11.6 Å². The third kappa shape index (κ3) is 5.52. The summed E-state index contributed by atoms with van der Waals surface area (Å²) in [5.41, 5.74) is 1.13. The fourth-order valence-electron chi connectivity index (χ4n) is 3.92. The third-order valence-corrected chi connectivity index (χ3v) is 6.82. The Morgan fingerprint density at radius 1 is 1.32 bits per heavy atom. The molecule has 0 bridgehead atoms. The first kappa shape index (κ1) is 21.2. The number of hydrogen-bond acceptors (Lipinski definition) is 4. The van der Waals surface area contributed by atoms with Crippen molar-refractivity contribution in [1.82, 2.24) is 14.9 Å². The largest absolute Gasteiger partial charge is 0.369 e. The second kappa shape index (κ2) is 9.33. The average molecular weight is 428 g/mol. The maximum absolute atomic E-state index is 11.9. The Labute approximate surface area is 173 Å². The van der Waals surface area contributed by atoms with E-state index < -0.39 is 10.0 Å². The van der Waals surface area contributed by atoms with Crippen LogP contribution in [0, 0.1) is 0 Å². The molecule has 2 aliphatic heterocycles. The van der Waals surface area contributed by atoms with E-state index in [9.17, 15) is 8.42 Å². The van der Waals surface area contributed by atoms with Gasteiger partial charge in [-0.05, 0) is 44.4 Å². The molecular weight excluding hydrogens is 398 g/mol. The summed E-state index contributed by atoms with van der Waals surface area (Å²) in [6.07, 6.45) is 4.05. The number of sulfonamides is 1. The minimum Gasteiger partial charge on any atom is -0.369 e. The quantitative estimate of drug-likeness (QED) is 0.535. The van der Waals surface area contributed by atoms with Crippen LogP contribution < -0.4 is 15.5 Å². The van der Waals surface area contributed by atoms with Gasteiger partial charge in [0.2, 0.25) is 10.0 Å². The van der Waals surface area contributed by atoms with Crippen LogP contribution in [-0.2, 0) is 10.0 Å². The molecule has 2 heterocycles. The van der Waals surface area contributed by atoms with Gasteiger partial charge in [-0.3, -0.25) is 4.99 Å². The number of guanidine groups is 1. The number of aliphatic imine (C=N–C) groups is 1. The van der Waals surface area contributed by atoms with Crippen LogP contribution in [0.2, 0.25) is 5.02 Å². The van der Waals surface area contributed by atoms with Gasteiger partial charge in [0.25, 0.3) is 0 Å². The van der Waals surface area contributed by atoms with Gasteiger partial charge in [0.15, 0.2) is 5.96 Å². The fraction of sp³-hybridized carbons (Fsp3) is 0.632. The molecule has 2 N–H and O–H groups in total. The van der Waals surface area contributed by atoms with E-state index in [1.165, 1.54) is 6.26 Å². The molecule has 0 saturated carbocycles. The van der Waals surface area contributed by atoms with Crippen molar-refractivity contribution in [2.45, 2.75) is 38.3 Å². The molecule has 0 amide bonds. The lowest BCUT2D eigenvalue weighted by molar-refractivity contribution is 0.396. The van der Waals surface area contributed by atoms with E-state index in [0.29, 0.717) is 13.1 Å². The molecule has 0 aromatic heterocycles. The second-order valence-corrected chi connectivity index (χ2v) is 9.82. The monoisotopic (exact) mass is 427 g/mol. The average Bonchev–Trinajstić information content (AvgIpc) is 3.29. The number of nitrogens with one attached hydrogen (secondary N) is 2. The normalized spacial score (nSPS) is 24.0. The molecule has 0 radical (unpaired) electrons. The predicted octanol–water partition coefficient (Wildman–Crippen LogP) is 1.90. The Hall–Kier alpha value is -1.51. The van der Waals surface area contributed by atoms with Crippen LogP contribution in [0.3, 0.4) is 0 Å². The molecule has 3 rings (SSSR count). The molecule has 2 aliphatic rings. The third-order valence-electron chi connectivity index (χ3n) is 5.26. The molecule has 2 atom stereocenters. The van der Waals surface area contributed by atoms with Crippen molar-refractivity contribution >= 4 is 33.3 Å². The van der Waals surface area contributed by atoms with Crippen molar-refractivity contribution in [2.24, 2.45) is 4.99 Å². The summed E-state index contributed by atoms with van der Waals surface area (Å²) >= 11 is 6.11. The highest BCUT2D eigenvalue weighted by atomic mass is 35.5. The molecule has 2 fully saturated rings. The summed E-state index contributed by atoms with van der Waals surface area (Å²) in [5.74, 6) is 0.751. The maximum atomic E-state index is 11.9. The van der Waals surface area contributed by atoms with Crippen LogP contribution in [0.4, 0.5) is 5.69 Å². The summed E-state index contributed by atoms with van der Waals surface area (Å²) in [6.45, 7) is 5.71. The van der Waals surface area contributed by atoms with Crippen molar-refractivity contribution in [1.29, 1.82) is 0 Å². The zero-order valence-electron chi connectivity index (χ0n) is 16.6. The lowest BCUT2D eigenvalue weighted by atomic mass is 10.2. The van der Waals surface area contributed by atoms with Gasteiger partial charge >= 0.3 is 0 Å². The van der Waals surface area contributed by atoms with Crippen molar-refractivity contribution in [3.05, 3.63) is 29.3 Å². The van der Waals surface area contributed by atoms with Crippen LogP contribution in [-0.4, -0.2) is 69.7 Å². The fourth-order valence-corrected chi connectivity index (χ4v) is 5.28. The first-order valence-corrected chi connectivity index (χ1v) is 12.1. The number of halogens is 1. The smallest absolute Gasteiger partial charge is 0.211 e. The standard InChI is InChI=1S/C19H30ClN5O2S/c1-3-21-19(22-13-18-8-5-10-25(18)28(2,26)27)23-16-9-11-24(14-16)17-7-4-6-15(20)12-17/h4,6-7,12,16,18H,3,5,8-11,13-14H2,1-2H3,(H2,21,22,23)/t16?,18-/m1/s1. The Morgan fingerprint density at radius 2 is 2.14 bits per heavy atom. The molecule has 0 spiro atoms. The van der Waals surface area contributed by atoms with E-state index in [1.54, 1.807) is 4.31 Å². The van der Waals surface area contributed by atoms with E-state index in [0.717, 1.165) is 55.6 Å². The summed E-state index contributed by atoms with van der Waals surface area (Å²) in [6, 6.07) is 8.16. The minimum absolute atomic E-state index is 0.0445. The van der Waals surface area contributed by atoms with Gasteiger partial charge in [-0.15, -0.1) is 0 Å². The molecule has 1 aromatic rings. The molecule has 1 aromatic carbocycles. The van der Waals surface area contributed by atoms with E-state index in [1.807, 2.05) is 25.1 Å². The Bertz CT molecular complexity index is 801. The maximum Gasteiger partial charge on any atom is 0.211 e. The molecular formula is C19H30ClN5O2S. The molecule has 2 saturated heterocycles. The van der Waals surface area contributed by atoms with Crippen molar-refractivity contribution < 1.29 is 8.42 Å². The van der Waals surface area contributed by atoms with Crippen molar-refractivity contribution in [3.8, 4) is 0 Å². The Morgan fingerprint density at radius 3 is 2.86 bits per heavy atom. The number of nitrogens with zero attached hydrogens (tertiary/aromatic N) is 3. The van der Waals surface area contributed by atoms with E-state index in [2.05, 4.69) is 26.6 Å².